The maximum atomic E-state index is 11.0. The van der Waals surface area contributed by atoms with Gasteiger partial charge in [0.25, 0.3) is 0 Å². The van der Waals surface area contributed by atoms with Crippen molar-refractivity contribution in [2.24, 2.45) is 5.92 Å². The lowest BCUT2D eigenvalue weighted by atomic mass is 9.93. The molecule has 1 saturated heterocycles. The van der Waals surface area contributed by atoms with Crippen molar-refractivity contribution in [3.63, 3.8) is 0 Å². The molecule has 0 aliphatic carbocycles. The lowest BCUT2D eigenvalue weighted by Gasteiger charge is -2.36. The second kappa shape index (κ2) is 7.06. The number of likely N-dealkylation sites (tertiary alicyclic amines) is 1. The molecule has 106 valence electrons. The number of hydrogen-bond donors (Lipinski definition) is 1. The second-order valence-corrected chi connectivity index (χ2v) is 6.14. The van der Waals surface area contributed by atoms with Crippen molar-refractivity contribution in [3.8, 4) is 0 Å². The van der Waals surface area contributed by atoms with Crippen molar-refractivity contribution >= 4 is 17.3 Å². The van der Waals surface area contributed by atoms with Crippen LogP contribution in [0.4, 0.5) is 0 Å². The van der Waals surface area contributed by atoms with Crippen molar-refractivity contribution in [2.75, 3.05) is 13.1 Å². The molecule has 0 amide bonds. The molecule has 0 radical (unpaired) electrons. The van der Waals surface area contributed by atoms with Crippen LogP contribution in [-0.4, -0.2) is 29.1 Å². The molecule has 1 unspecified atom stereocenters. The number of unbranched alkanes of at least 4 members (excludes halogenated alkanes) is 1. The van der Waals surface area contributed by atoms with Gasteiger partial charge in [0.15, 0.2) is 0 Å². The Morgan fingerprint density at radius 1 is 1.53 bits per heavy atom. The number of carboxylic acid groups (broad SMARTS) is 1. The minimum absolute atomic E-state index is 0.134. The Morgan fingerprint density at radius 2 is 2.26 bits per heavy atom. The summed E-state index contributed by atoms with van der Waals surface area (Å²) in [5, 5.41) is 13.4. The van der Waals surface area contributed by atoms with E-state index >= 15 is 0 Å². The smallest absolute Gasteiger partial charge is 0.306 e. The van der Waals surface area contributed by atoms with Gasteiger partial charge in [-0.1, -0.05) is 19.8 Å². The molecule has 1 aromatic rings. The molecular weight excluding hydrogens is 258 g/mol. The van der Waals surface area contributed by atoms with Crippen molar-refractivity contribution in [1.82, 2.24) is 4.90 Å². The van der Waals surface area contributed by atoms with Crippen molar-refractivity contribution < 1.29 is 9.90 Å². The largest absolute Gasteiger partial charge is 0.481 e. The molecule has 4 heteroatoms. The van der Waals surface area contributed by atoms with Crippen molar-refractivity contribution in [1.29, 1.82) is 0 Å². The highest BCUT2D eigenvalue weighted by atomic mass is 32.1. The highest BCUT2D eigenvalue weighted by Crippen LogP contribution is 2.31. The Bertz CT molecular complexity index is 383. The van der Waals surface area contributed by atoms with E-state index in [-0.39, 0.29) is 5.92 Å². The van der Waals surface area contributed by atoms with Gasteiger partial charge in [-0.15, -0.1) is 0 Å². The van der Waals surface area contributed by atoms with Crippen LogP contribution in [0.15, 0.2) is 16.8 Å². The third-order valence-electron chi connectivity index (χ3n) is 4.08. The monoisotopic (exact) mass is 281 g/mol. The van der Waals surface area contributed by atoms with Crippen LogP contribution in [0.5, 0.6) is 0 Å². The van der Waals surface area contributed by atoms with E-state index in [0.717, 1.165) is 25.9 Å². The summed E-state index contributed by atoms with van der Waals surface area (Å²) in [6.07, 6.45) is 5.22. The number of rotatable bonds is 6. The van der Waals surface area contributed by atoms with Gasteiger partial charge >= 0.3 is 5.97 Å². The molecule has 1 aromatic heterocycles. The molecule has 0 bridgehead atoms. The average Bonchev–Trinajstić information content (AvgIpc) is 2.94. The summed E-state index contributed by atoms with van der Waals surface area (Å²) >= 11 is 1.75. The standard InChI is InChI=1S/C15H23NO2S/c1-2-3-4-14(13-7-10-19-11-13)16-8-5-12(6-9-16)15(17)18/h7,10-12,14H,2-6,8-9H2,1H3,(H,17,18). The fourth-order valence-corrected chi connectivity index (χ4v) is 3.59. The first kappa shape index (κ1) is 14.5. The zero-order valence-corrected chi connectivity index (χ0v) is 12.4. The number of carbonyl (C=O) groups is 1. The van der Waals surface area contributed by atoms with Gasteiger partial charge in [0.1, 0.15) is 0 Å². The number of hydrogen-bond acceptors (Lipinski definition) is 3. The molecule has 1 atom stereocenters. The fraction of sp³-hybridized carbons (Fsp3) is 0.667. The number of piperidine rings is 1. The maximum absolute atomic E-state index is 11.0. The Balaban J connectivity index is 1.98. The molecular formula is C15H23NO2S. The van der Waals surface area contributed by atoms with E-state index in [1.807, 2.05) is 0 Å². The molecule has 0 spiro atoms. The van der Waals surface area contributed by atoms with Gasteiger partial charge in [0.2, 0.25) is 0 Å². The Kier molecular flexibility index (Phi) is 5.40. The average molecular weight is 281 g/mol. The summed E-state index contributed by atoms with van der Waals surface area (Å²) in [4.78, 5) is 13.5. The molecule has 19 heavy (non-hydrogen) atoms. The van der Waals surface area contributed by atoms with E-state index < -0.39 is 5.97 Å². The van der Waals surface area contributed by atoms with Gasteiger partial charge in [-0.25, -0.2) is 0 Å². The van der Waals surface area contributed by atoms with Gasteiger partial charge in [-0.3, -0.25) is 9.69 Å². The molecule has 2 heterocycles. The topological polar surface area (TPSA) is 40.5 Å². The summed E-state index contributed by atoms with van der Waals surface area (Å²) in [6.45, 7) is 4.06. The first-order valence-electron chi connectivity index (χ1n) is 7.21. The second-order valence-electron chi connectivity index (χ2n) is 5.36. The number of nitrogens with zero attached hydrogens (tertiary/aromatic N) is 1. The van der Waals surface area contributed by atoms with Crippen molar-refractivity contribution in [2.45, 2.75) is 45.1 Å². The summed E-state index contributed by atoms with van der Waals surface area (Å²) < 4.78 is 0. The fourth-order valence-electron chi connectivity index (χ4n) is 2.88. The quantitative estimate of drug-likeness (QED) is 0.862. The van der Waals surface area contributed by atoms with Gasteiger partial charge in [0.05, 0.1) is 5.92 Å². The summed E-state index contributed by atoms with van der Waals surface area (Å²) in [6, 6.07) is 2.70. The zero-order chi connectivity index (χ0) is 13.7. The third kappa shape index (κ3) is 3.80. The minimum Gasteiger partial charge on any atom is -0.481 e. The molecule has 1 N–H and O–H groups in total. The predicted octanol–water partition coefficient (Wildman–Crippen LogP) is 3.78. The van der Waals surface area contributed by atoms with E-state index in [0.29, 0.717) is 6.04 Å². The van der Waals surface area contributed by atoms with Gasteiger partial charge < -0.3 is 5.11 Å². The highest BCUT2D eigenvalue weighted by molar-refractivity contribution is 7.07. The number of carboxylic acids is 1. The zero-order valence-electron chi connectivity index (χ0n) is 11.5. The van der Waals surface area contributed by atoms with Crippen molar-refractivity contribution in [3.05, 3.63) is 22.4 Å². The van der Waals surface area contributed by atoms with Crippen LogP contribution >= 0.6 is 11.3 Å². The SMILES string of the molecule is CCCCC(c1ccsc1)N1CCC(C(=O)O)CC1. The normalized spacial score (nSPS) is 19.4. The number of aliphatic carboxylic acids is 1. The third-order valence-corrected chi connectivity index (χ3v) is 4.78. The summed E-state index contributed by atoms with van der Waals surface area (Å²) in [5.41, 5.74) is 1.41. The van der Waals surface area contributed by atoms with E-state index in [1.165, 1.54) is 24.8 Å². The molecule has 1 aliphatic heterocycles. The Hall–Kier alpha value is -0.870. The van der Waals surface area contributed by atoms with Crippen LogP contribution in [0.1, 0.15) is 50.6 Å². The molecule has 0 saturated carbocycles. The first-order valence-corrected chi connectivity index (χ1v) is 8.15. The highest BCUT2D eigenvalue weighted by Gasteiger charge is 2.28. The predicted molar refractivity (Wildman–Crippen MR) is 78.5 cm³/mol. The minimum atomic E-state index is -0.625. The van der Waals surface area contributed by atoms with Crippen LogP contribution in [0.3, 0.4) is 0 Å². The lowest BCUT2D eigenvalue weighted by molar-refractivity contribution is -0.143. The number of thiophene rings is 1. The molecule has 1 aliphatic rings. The van der Waals surface area contributed by atoms with Gasteiger partial charge in [0, 0.05) is 6.04 Å². The van der Waals surface area contributed by atoms with E-state index in [1.54, 1.807) is 11.3 Å². The maximum Gasteiger partial charge on any atom is 0.306 e. The Morgan fingerprint density at radius 3 is 2.79 bits per heavy atom. The lowest BCUT2D eigenvalue weighted by Crippen LogP contribution is -2.38. The van der Waals surface area contributed by atoms with Crippen LogP contribution in [-0.2, 0) is 4.79 Å². The first-order chi connectivity index (χ1) is 9.22. The molecule has 3 nitrogen and oxygen atoms in total. The van der Waals surface area contributed by atoms with Gasteiger partial charge in [-0.05, 0) is 54.7 Å². The van der Waals surface area contributed by atoms with Crippen LogP contribution in [0.25, 0.3) is 0 Å². The molecule has 0 aromatic carbocycles. The van der Waals surface area contributed by atoms with E-state index in [2.05, 4.69) is 28.7 Å². The molecule has 1 fully saturated rings. The van der Waals surface area contributed by atoms with Crippen LogP contribution in [0, 0.1) is 5.92 Å². The summed E-state index contributed by atoms with van der Waals surface area (Å²) in [7, 11) is 0. The van der Waals surface area contributed by atoms with Gasteiger partial charge in [-0.2, -0.15) is 11.3 Å². The molecule has 2 rings (SSSR count). The Labute approximate surface area is 119 Å². The van der Waals surface area contributed by atoms with E-state index in [4.69, 9.17) is 5.11 Å². The van der Waals surface area contributed by atoms with E-state index in [9.17, 15) is 4.79 Å². The van der Waals surface area contributed by atoms with Crippen LogP contribution in [0.2, 0.25) is 0 Å². The van der Waals surface area contributed by atoms with Crippen LogP contribution < -0.4 is 0 Å². The summed E-state index contributed by atoms with van der Waals surface area (Å²) in [5.74, 6) is -0.758.